The van der Waals surface area contributed by atoms with Crippen molar-refractivity contribution >= 4 is 11.9 Å². The molecule has 0 fully saturated rings. The highest BCUT2D eigenvalue weighted by atomic mass is 16.4. The fourth-order valence-corrected chi connectivity index (χ4v) is 2.66. The quantitative estimate of drug-likeness (QED) is 0.839. The summed E-state index contributed by atoms with van der Waals surface area (Å²) in [4.78, 5) is 25.0. The molecule has 0 saturated carbocycles. The molecule has 1 aromatic carbocycles. The summed E-state index contributed by atoms with van der Waals surface area (Å²) in [6.45, 7) is 3.86. The molecule has 1 aliphatic heterocycles. The number of rotatable bonds is 6. The van der Waals surface area contributed by atoms with Gasteiger partial charge in [0, 0.05) is 19.5 Å². The zero-order valence-electron chi connectivity index (χ0n) is 12.3. The fourth-order valence-electron chi connectivity index (χ4n) is 2.66. The van der Waals surface area contributed by atoms with Crippen molar-refractivity contribution in [3.63, 3.8) is 0 Å². The van der Waals surface area contributed by atoms with Gasteiger partial charge in [-0.3, -0.25) is 4.79 Å². The van der Waals surface area contributed by atoms with Crippen LogP contribution in [0.3, 0.4) is 0 Å². The molecule has 1 unspecified atom stereocenters. The Bertz CT molecular complexity index is 542. The number of nitrogens with two attached hydrogens (primary N) is 1. The first-order valence-electron chi connectivity index (χ1n) is 7.34. The van der Waals surface area contributed by atoms with Gasteiger partial charge in [-0.05, 0) is 48.6 Å². The Kier molecular flexibility index (Phi) is 4.96. The van der Waals surface area contributed by atoms with Gasteiger partial charge in [0.25, 0.3) is 0 Å². The molecule has 1 amide bonds. The predicted molar refractivity (Wildman–Crippen MR) is 79.7 cm³/mol. The predicted octanol–water partition coefficient (Wildman–Crippen LogP) is 1.99. The lowest BCUT2D eigenvalue weighted by molar-refractivity contribution is -0.132. The van der Waals surface area contributed by atoms with Crippen LogP contribution in [0.25, 0.3) is 0 Å². The summed E-state index contributed by atoms with van der Waals surface area (Å²) in [7, 11) is 0. The average molecular weight is 290 g/mol. The molecule has 0 spiro atoms. The standard InChI is InChI=1S/C16H22N2O3/c1-11(6-7-17)2-5-15(19)18-9-13-4-3-12(16(20)21)8-14(13)10-18/h3-4,8,11H,2,5-7,9-10,17H2,1H3,(H,20,21). The molecule has 0 bridgehead atoms. The zero-order valence-corrected chi connectivity index (χ0v) is 12.3. The van der Waals surface area contributed by atoms with Crippen molar-refractivity contribution in [2.75, 3.05) is 6.54 Å². The molecule has 114 valence electrons. The highest BCUT2D eigenvalue weighted by molar-refractivity contribution is 5.88. The van der Waals surface area contributed by atoms with E-state index in [2.05, 4.69) is 6.92 Å². The van der Waals surface area contributed by atoms with Crippen LogP contribution in [-0.2, 0) is 17.9 Å². The molecule has 1 heterocycles. The van der Waals surface area contributed by atoms with Gasteiger partial charge in [0.15, 0.2) is 0 Å². The first-order chi connectivity index (χ1) is 10.0. The van der Waals surface area contributed by atoms with Gasteiger partial charge in [0.1, 0.15) is 0 Å². The monoisotopic (exact) mass is 290 g/mol. The van der Waals surface area contributed by atoms with Crippen LogP contribution < -0.4 is 5.73 Å². The van der Waals surface area contributed by atoms with Gasteiger partial charge in [-0.25, -0.2) is 4.79 Å². The Morgan fingerprint density at radius 3 is 2.67 bits per heavy atom. The Hall–Kier alpha value is -1.88. The Morgan fingerprint density at radius 1 is 1.29 bits per heavy atom. The molecule has 5 heteroatoms. The van der Waals surface area contributed by atoms with Crippen LogP contribution >= 0.6 is 0 Å². The van der Waals surface area contributed by atoms with Gasteiger partial charge in [0.2, 0.25) is 5.91 Å². The van der Waals surface area contributed by atoms with E-state index < -0.39 is 5.97 Å². The number of carbonyl (C=O) groups excluding carboxylic acids is 1. The molecule has 0 saturated heterocycles. The van der Waals surface area contributed by atoms with Crippen LogP contribution in [0.5, 0.6) is 0 Å². The van der Waals surface area contributed by atoms with Crippen molar-refractivity contribution in [1.82, 2.24) is 4.90 Å². The van der Waals surface area contributed by atoms with Gasteiger partial charge in [0.05, 0.1) is 5.56 Å². The van der Waals surface area contributed by atoms with Gasteiger partial charge in [-0.1, -0.05) is 13.0 Å². The highest BCUT2D eigenvalue weighted by Crippen LogP contribution is 2.25. The average Bonchev–Trinajstić information content (AvgIpc) is 2.87. The number of nitrogens with zero attached hydrogens (tertiary/aromatic N) is 1. The number of hydrogen-bond donors (Lipinski definition) is 2. The van der Waals surface area contributed by atoms with E-state index in [1.807, 2.05) is 6.07 Å². The molecule has 21 heavy (non-hydrogen) atoms. The second-order valence-electron chi connectivity index (χ2n) is 5.76. The summed E-state index contributed by atoms with van der Waals surface area (Å²) in [6.07, 6.45) is 2.32. The minimum absolute atomic E-state index is 0.131. The molecule has 0 aliphatic carbocycles. The molecule has 3 N–H and O–H groups in total. The maximum absolute atomic E-state index is 12.2. The first-order valence-corrected chi connectivity index (χ1v) is 7.34. The van der Waals surface area contributed by atoms with Crippen LogP contribution in [-0.4, -0.2) is 28.4 Å². The van der Waals surface area contributed by atoms with Gasteiger partial charge in [-0.15, -0.1) is 0 Å². The summed E-state index contributed by atoms with van der Waals surface area (Å²) >= 11 is 0. The lowest BCUT2D eigenvalue weighted by Gasteiger charge is -2.17. The topological polar surface area (TPSA) is 83.6 Å². The van der Waals surface area contributed by atoms with Crippen LogP contribution in [0.15, 0.2) is 18.2 Å². The Balaban J connectivity index is 1.93. The minimum atomic E-state index is -0.932. The third kappa shape index (κ3) is 3.82. The largest absolute Gasteiger partial charge is 0.478 e. The second kappa shape index (κ2) is 6.72. The molecular weight excluding hydrogens is 268 g/mol. The number of carbonyl (C=O) groups is 2. The van der Waals surface area contributed by atoms with Crippen molar-refractivity contribution in [2.24, 2.45) is 11.7 Å². The van der Waals surface area contributed by atoms with E-state index in [4.69, 9.17) is 10.8 Å². The van der Waals surface area contributed by atoms with Gasteiger partial charge >= 0.3 is 5.97 Å². The van der Waals surface area contributed by atoms with E-state index in [-0.39, 0.29) is 11.5 Å². The first kappa shape index (κ1) is 15.5. The van der Waals surface area contributed by atoms with Crippen LogP contribution in [0.1, 0.15) is 47.7 Å². The molecule has 1 aromatic rings. The molecule has 5 nitrogen and oxygen atoms in total. The van der Waals surface area contributed by atoms with E-state index >= 15 is 0 Å². The number of hydrogen-bond acceptors (Lipinski definition) is 3. The molecule has 2 rings (SSSR count). The van der Waals surface area contributed by atoms with Crippen molar-refractivity contribution in [3.05, 3.63) is 34.9 Å². The van der Waals surface area contributed by atoms with E-state index in [9.17, 15) is 9.59 Å². The Labute approximate surface area is 124 Å². The highest BCUT2D eigenvalue weighted by Gasteiger charge is 2.24. The van der Waals surface area contributed by atoms with E-state index in [0.29, 0.717) is 32.0 Å². The number of amides is 1. The zero-order chi connectivity index (χ0) is 15.4. The normalized spacial score (nSPS) is 14.9. The number of carboxylic acids is 1. The number of fused-ring (bicyclic) bond motifs is 1. The van der Waals surface area contributed by atoms with Crippen molar-refractivity contribution in [1.29, 1.82) is 0 Å². The molecule has 0 radical (unpaired) electrons. The lowest BCUT2D eigenvalue weighted by atomic mass is 10.0. The maximum atomic E-state index is 12.2. The van der Waals surface area contributed by atoms with E-state index in [1.165, 1.54) is 0 Å². The van der Waals surface area contributed by atoms with Crippen molar-refractivity contribution < 1.29 is 14.7 Å². The van der Waals surface area contributed by atoms with Crippen LogP contribution in [0.4, 0.5) is 0 Å². The third-order valence-corrected chi connectivity index (χ3v) is 4.04. The summed E-state index contributed by atoms with van der Waals surface area (Å²) in [6, 6.07) is 5.07. The molecule has 0 aromatic heterocycles. The number of aromatic carboxylic acids is 1. The van der Waals surface area contributed by atoms with Crippen LogP contribution in [0, 0.1) is 5.92 Å². The van der Waals surface area contributed by atoms with Crippen LogP contribution in [0.2, 0.25) is 0 Å². The minimum Gasteiger partial charge on any atom is -0.478 e. The summed E-state index contributed by atoms with van der Waals surface area (Å²) < 4.78 is 0. The number of benzene rings is 1. The summed E-state index contributed by atoms with van der Waals surface area (Å²) in [5, 5.41) is 9.00. The second-order valence-corrected chi connectivity index (χ2v) is 5.76. The number of carboxylic acid groups (broad SMARTS) is 1. The maximum Gasteiger partial charge on any atom is 0.335 e. The van der Waals surface area contributed by atoms with E-state index in [1.54, 1.807) is 17.0 Å². The summed E-state index contributed by atoms with van der Waals surface area (Å²) in [5.74, 6) is -0.340. The third-order valence-electron chi connectivity index (χ3n) is 4.04. The fraction of sp³-hybridized carbons (Fsp3) is 0.500. The van der Waals surface area contributed by atoms with Gasteiger partial charge in [-0.2, -0.15) is 0 Å². The molecule has 1 aliphatic rings. The van der Waals surface area contributed by atoms with Crippen molar-refractivity contribution in [3.8, 4) is 0 Å². The molecular formula is C16H22N2O3. The SMILES string of the molecule is CC(CCN)CCC(=O)N1Cc2ccc(C(=O)O)cc2C1. The van der Waals surface area contributed by atoms with Crippen molar-refractivity contribution in [2.45, 2.75) is 39.3 Å². The smallest absolute Gasteiger partial charge is 0.335 e. The van der Waals surface area contributed by atoms with Gasteiger partial charge < -0.3 is 15.7 Å². The lowest BCUT2D eigenvalue weighted by Crippen LogP contribution is -2.25. The summed E-state index contributed by atoms with van der Waals surface area (Å²) in [5.41, 5.74) is 7.78. The molecule has 1 atom stereocenters. The Morgan fingerprint density at radius 2 is 2.00 bits per heavy atom. The van der Waals surface area contributed by atoms with E-state index in [0.717, 1.165) is 24.0 Å².